The number of carbonyl (C=O) groups is 1. The summed E-state index contributed by atoms with van der Waals surface area (Å²) in [6.45, 7) is 5.96. The van der Waals surface area contributed by atoms with E-state index in [4.69, 9.17) is 0 Å². The van der Waals surface area contributed by atoms with E-state index in [1.54, 1.807) is 12.3 Å². The molecule has 1 saturated heterocycles. The molecule has 27 heavy (non-hydrogen) atoms. The lowest BCUT2D eigenvalue weighted by Gasteiger charge is -2.38. The molecule has 5 nitrogen and oxygen atoms in total. The van der Waals surface area contributed by atoms with Crippen LogP contribution in [0.15, 0.2) is 34.9 Å². The molecule has 4 rings (SSSR count). The zero-order valence-electron chi connectivity index (χ0n) is 15.7. The number of ketones is 1. The third-order valence-corrected chi connectivity index (χ3v) is 6.18. The molecule has 2 aromatic rings. The van der Waals surface area contributed by atoms with Gasteiger partial charge < -0.3 is 4.90 Å². The average Bonchev–Trinajstić information content (AvgIpc) is 3.24. The van der Waals surface area contributed by atoms with Gasteiger partial charge in [0.2, 0.25) is 5.78 Å². The van der Waals surface area contributed by atoms with E-state index in [2.05, 4.69) is 35.7 Å². The SMILES string of the molecule is Cc1ncc(Br)cc1C(=O)c1cccc(N2CCN(C3CCCC3)CC2)n1. The number of aryl methyl sites for hydroxylation is 1. The largest absolute Gasteiger partial charge is 0.354 e. The Kier molecular flexibility index (Phi) is 5.55. The molecule has 1 aliphatic carbocycles. The van der Waals surface area contributed by atoms with E-state index in [9.17, 15) is 4.79 Å². The van der Waals surface area contributed by atoms with Gasteiger partial charge in [-0.2, -0.15) is 0 Å². The van der Waals surface area contributed by atoms with Crippen molar-refractivity contribution in [1.82, 2.24) is 14.9 Å². The van der Waals surface area contributed by atoms with Gasteiger partial charge in [0.05, 0.1) is 0 Å². The van der Waals surface area contributed by atoms with E-state index < -0.39 is 0 Å². The van der Waals surface area contributed by atoms with Crippen LogP contribution >= 0.6 is 15.9 Å². The molecule has 0 unspecified atom stereocenters. The summed E-state index contributed by atoms with van der Waals surface area (Å²) in [5, 5.41) is 0. The number of nitrogens with zero attached hydrogens (tertiary/aromatic N) is 4. The van der Waals surface area contributed by atoms with Crippen LogP contribution in [0, 0.1) is 6.92 Å². The number of anilines is 1. The number of rotatable bonds is 4. The minimum Gasteiger partial charge on any atom is -0.354 e. The predicted molar refractivity (Wildman–Crippen MR) is 110 cm³/mol. The van der Waals surface area contributed by atoms with Gasteiger partial charge in [0.1, 0.15) is 11.5 Å². The summed E-state index contributed by atoms with van der Waals surface area (Å²) in [5.41, 5.74) is 1.80. The number of piperazine rings is 1. The molecule has 0 spiro atoms. The number of aromatic nitrogens is 2. The van der Waals surface area contributed by atoms with Crippen LogP contribution in [0.4, 0.5) is 5.82 Å². The van der Waals surface area contributed by atoms with Crippen molar-refractivity contribution in [1.29, 1.82) is 0 Å². The minimum atomic E-state index is -0.0762. The fourth-order valence-corrected chi connectivity index (χ4v) is 4.52. The molecule has 3 heterocycles. The van der Waals surface area contributed by atoms with Gasteiger partial charge in [0.15, 0.2) is 0 Å². The Labute approximate surface area is 168 Å². The number of hydrogen-bond acceptors (Lipinski definition) is 5. The second-order valence-corrected chi connectivity index (χ2v) is 8.37. The third-order valence-electron chi connectivity index (χ3n) is 5.74. The van der Waals surface area contributed by atoms with E-state index >= 15 is 0 Å². The highest BCUT2D eigenvalue weighted by Crippen LogP contribution is 2.25. The Hall–Kier alpha value is -1.79. The van der Waals surface area contributed by atoms with Gasteiger partial charge >= 0.3 is 0 Å². The maximum Gasteiger partial charge on any atom is 0.213 e. The summed E-state index contributed by atoms with van der Waals surface area (Å²) in [5.74, 6) is 0.820. The second-order valence-electron chi connectivity index (χ2n) is 7.46. The topological polar surface area (TPSA) is 49.3 Å². The Bertz CT molecular complexity index is 827. The zero-order valence-corrected chi connectivity index (χ0v) is 17.3. The van der Waals surface area contributed by atoms with Crippen molar-refractivity contribution in [3.8, 4) is 0 Å². The molecule has 6 heteroatoms. The maximum absolute atomic E-state index is 12.9. The smallest absolute Gasteiger partial charge is 0.213 e. The van der Waals surface area contributed by atoms with Crippen molar-refractivity contribution in [2.45, 2.75) is 38.6 Å². The second kappa shape index (κ2) is 8.07. The number of carbonyl (C=O) groups excluding carboxylic acids is 1. The van der Waals surface area contributed by atoms with Crippen molar-refractivity contribution in [2.75, 3.05) is 31.1 Å². The van der Waals surface area contributed by atoms with Crippen LogP contribution in [-0.2, 0) is 0 Å². The summed E-state index contributed by atoms with van der Waals surface area (Å²) in [6, 6.07) is 8.33. The molecule has 142 valence electrons. The molecule has 0 amide bonds. The number of halogens is 1. The maximum atomic E-state index is 12.9. The standard InChI is InChI=1S/C21H25BrN4O/c1-15-18(13-16(22)14-23-15)21(27)19-7-4-8-20(24-19)26-11-9-25(10-12-26)17-5-2-3-6-17/h4,7-8,13-14,17H,2-3,5-6,9-12H2,1H3. The van der Waals surface area contributed by atoms with Crippen LogP contribution in [0.5, 0.6) is 0 Å². The van der Waals surface area contributed by atoms with E-state index in [1.807, 2.05) is 25.1 Å². The molecule has 0 radical (unpaired) electrons. The molecule has 0 atom stereocenters. The van der Waals surface area contributed by atoms with Gasteiger partial charge in [-0.05, 0) is 53.9 Å². The Balaban J connectivity index is 1.48. The Morgan fingerprint density at radius 2 is 1.89 bits per heavy atom. The van der Waals surface area contributed by atoms with Crippen molar-refractivity contribution in [2.24, 2.45) is 0 Å². The van der Waals surface area contributed by atoms with E-state index in [0.717, 1.165) is 48.2 Å². The number of pyridine rings is 2. The quantitative estimate of drug-likeness (QED) is 0.692. The van der Waals surface area contributed by atoms with Crippen molar-refractivity contribution < 1.29 is 4.79 Å². The summed E-state index contributed by atoms with van der Waals surface area (Å²) in [6.07, 6.45) is 7.16. The number of hydrogen-bond donors (Lipinski definition) is 0. The van der Waals surface area contributed by atoms with Crippen LogP contribution in [0.3, 0.4) is 0 Å². The van der Waals surface area contributed by atoms with Crippen molar-refractivity contribution in [3.63, 3.8) is 0 Å². The first kappa shape index (κ1) is 18.6. The molecule has 0 N–H and O–H groups in total. The van der Waals surface area contributed by atoms with Crippen LogP contribution in [0.2, 0.25) is 0 Å². The molecule has 1 aliphatic heterocycles. The van der Waals surface area contributed by atoms with Gasteiger partial charge in [0, 0.05) is 54.1 Å². The van der Waals surface area contributed by atoms with Crippen LogP contribution in [0.1, 0.15) is 47.4 Å². The molecule has 0 bridgehead atoms. The highest BCUT2D eigenvalue weighted by molar-refractivity contribution is 9.10. The third kappa shape index (κ3) is 4.06. The lowest BCUT2D eigenvalue weighted by atomic mass is 10.1. The lowest BCUT2D eigenvalue weighted by molar-refractivity contribution is 0.103. The summed E-state index contributed by atoms with van der Waals surface area (Å²) >= 11 is 3.40. The van der Waals surface area contributed by atoms with Gasteiger partial charge in [-0.1, -0.05) is 18.9 Å². The van der Waals surface area contributed by atoms with Gasteiger partial charge in [0.25, 0.3) is 0 Å². The van der Waals surface area contributed by atoms with E-state index in [0.29, 0.717) is 11.3 Å². The van der Waals surface area contributed by atoms with E-state index in [-0.39, 0.29) is 5.78 Å². The van der Waals surface area contributed by atoms with Crippen molar-refractivity contribution in [3.05, 3.63) is 51.9 Å². The molecule has 0 aromatic carbocycles. The fourth-order valence-electron chi connectivity index (χ4n) is 4.19. The highest BCUT2D eigenvalue weighted by atomic mass is 79.9. The predicted octanol–water partition coefficient (Wildman–Crippen LogP) is 3.84. The zero-order chi connectivity index (χ0) is 18.8. The molecular formula is C21H25BrN4O. The summed E-state index contributed by atoms with van der Waals surface area (Å²) in [4.78, 5) is 26.8. The fraction of sp³-hybridized carbons (Fsp3) is 0.476. The lowest BCUT2D eigenvalue weighted by Crippen LogP contribution is -2.50. The monoisotopic (exact) mass is 428 g/mol. The highest BCUT2D eigenvalue weighted by Gasteiger charge is 2.26. The average molecular weight is 429 g/mol. The van der Waals surface area contributed by atoms with Crippen LogP contribution in [0.25, 0.3) is 0 Å². The molecule has 1 saturated carbocycles. The molecule has 2 aromatic heterocycles. The van der Waals surface area contributed by atoms with E-state index in [1.165, 1.54) is 25.7 Å². The van der Waals surface area contributed by atoms with Gasteiger partial charge in [-0.25, -0.2) is 4.98 Å². The normalized spacial score (nSPS) is 18.8. The first-order chi connectivity index (χ1) is 13.1. The Morgan fingerprint density at radius 3 is 2.63 bits per heavy atom. The van der Waals surface area contributed by atoms with Crippen LogP contribution in [-0.4, -0.2) is 52.9 Å². The first-order valence-corrected chi connectivity index (χ1v) is 10.5. The van der Waals surface area contributed by atoms with Gasteiger partial charge in [-0.3, -0.25) is 14.7 Å². The summed E-state index contributed by atoms with van der Waals surface area (Å²) < 4.78 is 0.802. The Morgan fingerprint density at radius 1 is 1.15 bits per heavy atom. The molecule has 2 fully saturated rings. The van der Waals surface area contributed by atoms with Crippen molar-refractivity contribution >= 4 is 27.5 Å². The first-order valence-electron chi connectivity index (χ1n) is 9.75. The summed E-state index contributed by atoms with van der Waals surface area (Å²) in [7, 11) is 0. The minimum absolute atomic E-state index is 0.0762. The molecular weight excluding hydrogens is 404 g/mol. The van der Waals surface area contributed by atoms with Crippen LogP contribution < -0.4 is 4.90 Å². The van der Waals surface area contributed by atoms with Gasteiger partial charge in [-0.15, -0.1) is 0 Å². The molecule has 2 aliphatic rings.